The summed E-state index contributed by atoms with van der Waals surface area (Å²) in [6.45, 7) is 0.660. The van der Waals surface area contributed by atoms with E-state index in [1.165, 1.54) is 30.0 Å². The highest BCUT2D eigenvalue weighted by Crippen LogP contribution is 2.28. The van der Waals surface area contributed by atoms with Gasteiger partial charge in [0.15, 0.2) is 5.16 Å². The third kappa shape index (κ3) is 3.37. The summed E-state index contributed by atoms with van der Waals surface area (Å²) in [5.74, 6) is -0.302. The topological polar surface area (TPSA) is 78.1 Å². The molecule has 2 N–H and O–H groups in total. The van der Waals surface area contributed by atoms with Crippen LogP contribution in [0.4, 0.5) is 14.9 Å². The Labute approximate surface area is 136 Å². The van der Waals surface area contributed by atoms with E-state index in [0.717, 1.165) is 5.56 Å². The van der Waals surface area contributed by atoms with E-state index in [4.69, 9.17) is 0 Å². The third-order valence-electron chi connectivity index (χ3n) is 3.57. The molecular weight excluding hydrogens is 319 g/mol. The Kier molecular flexibility index (Phi) is 4.33. The molecule has 23 heavy (non-hydrogen) atoms. The SMILES string of the molecule is CSc1nc(CNC(=O)N2CCc3cc(F)ccc32)cc(=O)[nH]1. The number of fused-ring (bicyclic) bond motifs is 1. The first-order valence-corrected chi connectivity index (χ1v) is 8.27. The molecule has 1 aromatic carbocycles. The van der Waals surface area contributed by atoms with E-state index in [0.29, 0.717) is 29.5 Å². The van der Waals surface area contributed by atoms with Crippen LogP contribution in [0.3, 0.4) is 0 Å². The van der Waals surface area contributed by atoms with E-state index in [1.54, 1.807) is 17.2 Å². The molecule has 0 saturated heterocycles. The van der Waals surface area contributed by atoms with Crippen LogP contribution in [0.1, 0.15) is 11.3 Å². The molecule has 0 unspecified atom stereocenters. The van der Waals surface area contributed by atoms with Gasteiger partial charge in [-0.2, -0.15) is 0 Å². The minimum atomic E-state index is -0.302. The number of nitrogens with zero attached hydrogens (tertiary/aromatic N) is 2. The van der Waals surface area contributed by atoms with Crippen LogP contribution in [-0.4, -0.2) is 28.8 Å². The summed E-state index contributed by atoms with van der Waals surface area (Å²) >= 11 is 1.32. The molecule has 2 heterocycles. The number of hydrogen-bond donors (Lipinski definition) is 2. The van der Waals surface area contributed by atoms with Crippen molar-refractivity contribution in [2.75, 3.05) is 17.7 Å². The van der Waals surface area contributed by atoms with Gasteiger partial charge in [-0.25, -0.2) is 14.2 Å². The van der Waals surface area contributed by atoms with Crippen molar-refractivity contribution < 1.29 is 9.18 Å². The van der Waals surface area contributed by atoms with Crippen molar-refractivity contribution in [3.8, 4) is 0 Å². The number of nitrogens with one attached hydrogen (secondary N) is 2. The molecule has 0 bridgehead atoms. The van der Waals surface area contributed by atoms with Crippen LogP contribution in [0, 0.1) is 5.82 Å². The fourth-order valence-corrected chi connectivity index (χ4v) is 2.92. The summed E-state index contributed by atoms with van der Waals surface area (Å²) in [6.07, 6.45) is 2.43. The zero-order valence-electron chi connectivity index (χ0n) is 12.4. The molecule has 8 heteroatoms. The number of halogens is 1. The number of aromatic nitrogens is 2. The number of urea groups is 1. The van der Waals surface area contributed by atoms with Crippen molar-refractivity contribution >= 4 is 23.5 Å². The van der Waals surface area contributed by atoms with Crippen LogP contribution < -0.4 is 15.8 Å². The van der Waals surface area contributed by atoms with Crippen LogP contribution in [0.15, 0.2) is 34.2 Å². The Bertz CT molecular complexity index is 808. The highest BCUT2D eigenvalue weighted by Gasteiger charge is 2.24. The molecule has 1 aliphatic heterocycles. The molecule has 0 saturated carbocycles. The number of carbonyl (C=O) groups is 1. The fraction of sp³-hybridized carbons (Fsp3) is 0.267. The number of amides is 2. The number of aromatic amines is 1. The first-order chi connectivity index (χ1) is 11.1. The lowest BCUT2D eigenvalue weighted by Gasteiger charge is -2.18. The molecule has 2 amide bonds. The van der Waals surface area contributed by atoms with Gasteiger partial charge in [-0.05, 0) is 36.4 Å². The summed E-state index contributed by atoms with van der Waals surface area (Å²) in [5.41, 5.74) is 1.77. The average Bonchev–Trinajstić information content (AvgIpc) is 2.95. The third-order valence-corrected chi connectivity index (χ3v) is 4.15. The number of benzene rings is 1. The van der Waals surface area contributed by atoms with Gasteiger partial charge in [0.1, 0.15) is 5.82 Å². The smallest absolute Gasteiger partial charge is 0.322 e. The van der Waals surface area contributed by atoms with E-state index in [-0.39, 0.29) is 24.0 Å². The van der Waals surface area contributed by atoms with Gasteiger partial charge in [0.25, 0.3) is 5.56 Å². The molecule has 0 fully saturated rings. The predicted octanol–water partition coefficient (Wildman–Crippen LogP) is 1.90. The number of hydrogen-bond acceptors (Lipinski definition) is 4. The summed E-state index contributed by atoms with van der Waals surface area (Å²) in [4.78, 5) is 32.2. The minimum Gasteiger partial charge on any atom is -0.332 e. The van der Waals surface area contributed by atoms with Gasteiger partial charge < -0.3 is 10.3 Å². The monoisotopic (exact) mass is 334 g/mol. The number of thioether (sulfide) groups is 1. The van der Waals surface area contributed by atoms with E-state index < -0.39 is 0 Å². The quantitative estimate of drug-likeness (QED) is 0.664. The summed E-state index contributed by atoms with van der Waals surface area (Å²) < 4.78 is 13.2. The second-order valence-corrected chi connectivity index (χ2v) is 5.87. The summed E-state index contributed by atoms with van der Waals surface area (Å²) in [7, 11) is 0. The highest BCUT2D eigenvalue weighted by molar-refractivity contribution is 7.98. The Morgan fingerprint density at radius 1 is 1.48 bits per heavy atom. The predicted molar refractivity (Wildman–Crippen MR) is 86.3 cm³/mol. The minimum absolute atomic E-state index is 0.156. The zero-order chi connectivity index (χ0) is 16.4. The Hall–Kier alpha value is -2.35. The summed E-state index contributed by atoms with van der Waals surface area (Å²) in [6, 6.07) is 5.46. The molecule has 6 nitrogen and oxygen atoms in total. The maximum Gasteiger partial charge on any atom is 0.322 e. The standard InChI is InChI=1S/C15H15FN4O2S/c1-23-14-18-11(7-13(21)19-14)8-17-15(22)20-5-4-9-6-10(16)2-3-12(9)20/h2-3,6-7H,4-5,8H2,1H3,(H,17,22)(H,18,19,21). The van der Waals surface area contributed by atoms with Crippen molar-refractivity contribution in [2.45, 2.75) is 18.1 Å². The Balaban J connectivity index is 1.70. The maximum absolute atomic E-state index is 13.2. The van der Waals surface area contributed by atoms with Crippen molar-refractivity contribution in [1.82, 2.24) is 15.3 Å². The molecule has 0 spiro atoms. The molecule has 2 aromatic rings. The maximum atomic E-state index is 13.2. The molecule has 1 aromatic heterocycles. The molecular formula is C15H15FN4O2S. The lowest BCUT2D eigenvalue weighted by molar-refractivity contribution is 0.246. The van der Waals surface area contributed by atoms with Crippen LogP contribution in [-0.2, 0) is 13.0 Å². The number of rotatable bonds is 3. The van der Waals surface area contributed by atoms with Crippen molar-refractivity contribution in [3.63, 3.8) is 0 Å². The molecule has 120 valence electrons. The molecule has 3 rings (SSSR count). The van der Waals surface area contributed by atoms with Gasteiger partial charge >= 0.3 is 6.03 Å². The van der Waals surface area contributed by atoms with E-state index in [1.807, 2.05) is 0 Å². The molecule has 0 aliphatic carbocycles. The highest BCUT2D eigenvalue weighted by atomic mass is 32.2. The fourth-order valence-electron chi connectivity index (χ4n) is 2.51. The van der Waals surface area contributed by atoms with Crippen LogP contribution >= 0.6 is 11.8 Å². The normalized spacial score (nSPS) is 13.0. The molecule has 1 aliphatic rings. The largest absolute Gasteiger partial charge is 0.332 e. The second-order valence-electron chi connectivity index (χ2n) is 5.08. The van der Waals surface area contributed by atoms with E-state index in [9.17, 15) is 14.0 Å². The summed E-state index contributed by atoms with van der Waals surface area (Å²) in [5, 5.41) is 3.25. The van der Waals surface area contributed by atoms with Crippen molar-refractivity contribution in [1.29, 1.82) is 0 Å². The van der Waals surface area contributed by atoms with Gasteiger partial charge in [-0.1, -0.05) is 11.8 Å². The first-order valence-electron chi connectivity index (χ1n) is 7.05. The van der Waals surface area contributed by atoms with Crippen LogP contribution in [0.2, 0.25) is 0 Å². The van der Waals surface area contributed by atoms with Crippen LogP contribution in [0.25, 0.3) is 0 Å². The van der Waals surface area contributed by atoms with Gasteiger partial charge in [-0.3, -0.25) is 9.69 Å². The molecule has 0 radical (unpaired) electrons. The Morgan fingerprint density at radius 2 is 2.30 bits per heavy atom. The first kappa shape index (κ1) is 15.5. The van der Waals surface area contributed by atoms with Crippen molar-refractivity contribution in [3.05, 3.63) is 51.7 Å². The number of anilines is 1. The van der Waals surface area contributed by atoms with Crippen LogP contribution in [0.5, 0.6) is 0 Å². The lowest BCUT2D eigenvalue weighted by atomic mass is 10.2. The van der Waals surface area contributed by atoms with E-state index in [2.05, 4.69) is 15.3 Å². The number of H-pyrrole nitrogens is 1. The average molecular weight is 334 g/mol. The van der Waals surface area contributed by atoms with Crippen molar-refractivity contribution in [2.24, 2.45) is 0 Å². The van der Waals surface area contributed by atoms with E-state index >= 15 is 0 Å². The van der Waals surface area contributed by atoms with Gasteiger partial charge in [0, 0.05) is 18.3 Å². The second kappa shape index (κ2) is 6.41. The Morgan fingerprint density at radius 3 is 3.09 bits per heavy atom. The van der Waals surface area contributed by atoms with Gasteiger partial charge in [0.2, 0.25) is 0 Å². The van der Waals surface area contributed by atoms with Gasteiger partial charge in [-0.15, -0.1) is 0 Å². The lowest BCUT2D eigenvalue weighted by Crippen LogP contribution is -2.38. The number of carbonyl (C=O) groups excluding carboxylic acids is 1. The molecule has 0 atom stereocenters. The zero-order valence-corrected chi connectivity index (χ0v) is 13.2. The van der Waals surface area contributed by atoms with Gasteiger partial charge in [0.05, 0.1) is 12.2 Å².